The third kappa shape index (κ3) is 4.72. The molecule has 0 aliphatic heterocycles. The second-order valence-electron chi connectivity index (χ2n) is 6.29. The molecule has 0 saturated heterocycles. The minimum absolute atomic E-state index is 0. The van der Waals surface area contributed by atoms with Crippen molar-refractivity contribution in [1.29, 1.82) is 0 Å². The molecule has 1 aliphatic rings. The molecule has 2 nitrogen and oxygen atoms in total. The molecule has 2 aromatic rings. The van der Waals surface area contributed by atoms with Crippen LogP contribution in [-0.4, -0.2) is 11.1 Å². The fourth-order valence-electron chi connectivity index (χ4n) is 3.56. The minimum atomic E-state index is 0. The van der Waals surface area contributed by atoms with E-state index in [0.29, 0.717) is 17.1 Å². The van der Waals surface area contributed by atoms with Crippen molar-refractivity contribution in [1.82, 2.24) is 5.32 Å². The zero-order chi connectivity index (χ0) is 15.4. The van der Waals surface area contributed by atoms with Crippen LogP contribution in [-0.2, 0) is 12.8 Å². The molecule has 2 N–H and O–H groups in total. The summed E-state index contributed by atoms with van der Waals surface area (Å²) in [5.74, 6) is 0. The van der Waals surface area contributed by atoms with Gasteiger partial charge in [0.15, 0.2) is 5.06 Å². The third-order valence-corrected chi connectivity index (χ3v) is 5.35. The van der Waals surface area contributed by atoms with Gasteiger partial charge >= 0.3 is 0 Å². The van der Waals surface area contributed by atoms with E-state index < -0.39 is 0 Å². The fourth-order valence-corrected chi connectivity index (χ4v) is 4.21. The van der Waals surface area contributed by atoms with E-state index in [4.69, 9.17) is 0 Å². The van der Waals surface area contributed by atoms with Crippen molar-refractivity contribution in [3.8, 4) is 5.06 Å². The maximum atomic E-state index is 9.55. The van der Waals surface area contributed by atoms with Crippen molar-refractivity contribution >= 4 is 23.7 Å². The molecule has 2 unspecified atom stereocenters. The van der Waals surface area contributed by atoms with Gasteiger partial charge in [0.2, 0.25) is 0 Å². The molecule has 1 aliphatic carbocycles. The van der Waals surface area contributed by atoms with Gasteiger partial charge < -0.3 is 10.4 Å². The van der Waals surface area contributed by atoms with E-state index in [9.17, 15) is 5.11 Å². The number of nitrogens with one attached hydrogen (secondary N) is 1. The molecule has 0 bridgehead atoms. The van der Waals surface area contributed by atoms with Gasteiger partial charge in [0.25, 0.3) is 0 Å². The smallest absolute Gasteiger partial charge is 0.171 e. The molecule has 0 radical (unpaired) electrons. The van der Waals surface area contributed by atoms with Gasteiger partial charge in [-0.05, 0) is 60.2 Å². The Labute approximate surface area is 149 Å². The predicted octanol–water partition coefficient (Wildman–Crippen LogP) is 5.25. The Hall–Kier alpha value is -1.03. The summed E-state index contributed by atoms with van der Waals surface area (Å²) in [6.45, 7) is 2.24. The first-order chi connectivity index (χ1) is 10.8. The van der Waals surface area contributed by atoms with Crippen molar-refractivity contribution in [2.75, 3.05) is 0 Å². The zero-order valence-corrected chi connectivity index (χ0v) is 15.3. The van der Waals surface area contributed by atoms with Gasteiger partial charge in [0.05, 0.1) is 0 Å². The largest absolute Gasteiger partial charge is 0.499 e. The van der Waals surface area contributed by atoms with Gasteiger partial charge in [-0.2, -0.15) is 0 Å². The molecule has 1 aromatic carbocycles. The lowest BCUT2D eigenvalue weighted by Crippen LogP contribution is -2.36. The molecular weight excluding hydrogens is 326 g/mol. The monoisotopic (exact) mass is 351 g/mol. The molecule has 4 heteroatoms. The van der Waals surface area contributed by atoms with Gasteiger partial charge in [-0.1, -0.05) is 37.6 Å². The fraction of sp³-hybridized carbons (Fsp3) is 0.474. The Morgan fingerprint density at radius 3 is 2.91 bits per heavy atom. The van der Waals surface area contributed by atoms with Crippen molar-refractivity contribution in [2.45, 2.75) is 57.5 Å². The highest BCUT2D eigenvalue weighted by atomic mass is 35.5. The second kappa shape index (κ2) is 8.72. The Balaban J connectivity index is 0.00000192. The quantitative estimate of drug-likeness (QED) is 0.744. The number of benzene rings is 1. The number of hydrogen-bond donors (Lipinski definition) is 2. The van der Waals surface area contributed by atoms with Crippen molar-refractivity contribution in [3.05, 3.63) is 52.4 Å². The predicted molar refractivity (Wildman–Crippen MR) is 101 cm³/mol. The number of fused-ring (bicyclic) bond motifs is 1. The van der Waals surface area contributed by atoms with E-state index in [1.807, 2.05) is 6.07 Å². The number of halogens is 1. The van der Waals surface area contributed by atoms with E-state index in [-0.39, 0.29) is 12.4 Å². The van der Waals surface area contributed by atoms with Crippen LogP contribution in [0.2, 0.25) is 0 Å². The highest BCUT2D eigenvalue weighted by Crippen LogP contribution is 2.31. The molecule has 23 heavy (non-hydrogen) atoms. The topological polar surface area (TPSA) is 32.3 Å². The van der Waals surface area contributed by atoms with Crippen LogP contribution < -0.4 is 5.32 Å². The maximum absolute atomic E-state index is 9.55. The summed E-state index contributed by atoms with van der Waals surface area (Å²) >= 11 is 1.43. The summed E-state index contributed by atoms with van der Waals surface area (Å²) in [6, 6.07) is 11.7. The SMILES string of the molecule is CCCC(Cc1csc(O)c1)NC1CCCc2ccccc21.Cl. The Morgan fingerprint density at radius 2 is 2.17 bits per heavy atom. The van der Waals surface area contributed by atoms with Crippen LogP contribution >= 0.6 is 23.7 Å². The molecule has 0 fully saturated rings. The van der Waals surface area contributed by atoms with Crippen molar-refractivity contribution < 1.29 is 5.11 Å². The number of thiophene rings is 1. The average molecular weight is 352 g/mol. The lowest BCUT2D eigenvalue weighted by atomic mass is 9.87. The maximum Gasteiger partial charge on any atom is 0.171 e. The first-order valence-corrected chi connectivity index (χ1v) is 9.24. The van der Waals surface area contributed by atoms with Gasteiger partial charge in [-0.3, -0.25) is 0 Å². The van der Waals surface area contributed by atoms with Crippen LogP contribution in [0.3, 0.4) is 0 Å². The van der Waals surface area contributed by atoms with Crippen LogP contribution in [0.4, 0.5) is 0 Å². The Kier molecular flexibility index (Phi) is 6.94. The summed E-state index contributed by atoms with van der Waals surface area (Å²) < 4.78 is 0. The number of aryl methyl sites for hydroxylation is 1. The van der Waals surface area contributed by atoms with Crippen molar-refractivity contribution in [3.63, 3.8) is 0 Å². The van der Waals surface area contributed by atoms with E-state index in [1.54, 1.807) is 0 Å². The van der Waals surface area contributed by atoms with Crippen LogP contribution in [0.25, 0.3) is 0 Å². The van der Waals surface area contributed by atoms with Gasteiger partial charge in [-0.15, -0.1) is 23.7 Å². The molecule has 126 valence electrons. The molecule has 3 rings (SSSR count). The van der Waals surface area contributed by atoms with E-state index in [0.717, 1.165) is 6.42 Å². The van der Waals surface area contributed by atoms with Crippen molar-refractivity contribution in [2.24, 2.45) is 0 Å². The molecule has 1 heterocycles. The summed E-state index contributed by atoms with van der Waals surface area (Å²) in [4.78, 5) is 0. The first kappa shape index (κ1) is 18.3. The Morgan fingerprint density at radius 1 is 1.35 bits per heavy atom. The third-order valence-electron chi connectivity index (χ3n) is 4.57. The van der Waals surface area contributed by atoms with E-state index in [1.165, 1.54) is 60.1 Å². The first-order valence-electron chi connectivity index (χ1n) is 8.36. The highest BCUT2D eigenvalue weighted by Gasteiger charge is 2.22. The molecule has 0 saturated carbocycles. The molecule has 0 spiro atoms. The molecule has 2 atom stereocenters. The lowest BCUT2D eigenvalue weighted by Gasteiger charge is -2.30. The average Bonchev–Trinajstić information content (AvgIpc) is 2.93. The van der Waals surface area contributed by atoms with E-state index >= 15 is 0 Å². The van der Waals surface area contributed by atoms with Crippen LogP contribution in [0.5, 0.6) is 5.06 Å². The normalized spacial score (nSPS) is 18.0. The minimum Gasteiger partial charge on any atom is -0.499 e. The van der Waals surface area contributed by atoms with Crippen LogP contribution in [0.15, 0.2) is 35.7 Å². The van der Waals surface area contributed by atoms with Crippen LogP contribution in [0, 0.1) is 0 Å². The number of rotatable bonds is 6. The van der Waals surface area contributed by atoms with Crippen LogP contribution in [0.1, 0.15) is 55.3 Å². The Bertz CT molecular complexity index is 613. The summed E-state index contributed by atoms with van der Waals surface area (Å²) in [5.41, 5.74) is 4.25. The number of aromatic hydroxyl groups is 1. The summed E-state index contributed by atoms with van der Waals surface area (Å²) in [7, 11) is 0. The molecular formula is C19H26ClNOS. The molecule has 0 amide bonds. The zero-order valence-electron chi connectivity index (χ0n) is 13.6. The second-order valence-corrected chi connectivity index (χ2v) is 7.18. The standard InChI is InChI=1S/C19H25NOS.ClH/c1-2-6-16(11-14-12-19(21)22-13-14)20-18-10-5-8-15-7-3-4-9-17(15)18;/h3-4,7,9,12-13,16,18,20-21H,2,5-6,8,10-11H2,1H3;1H. The van der Waals surface area contributed by atoms with Gasteiger partial charge in [-0.25, -0.2) is 0 Å². The van der Waals surface area contributed by atoms with E-state index in [2.05, 4.69) is 41.9 Å². The highest BCUT2D eigenvalue weighted by molar-refractivity contribution is 7.11. The molecule has 1 aromatic heterocycles. The summed E-state index contributed by atoms with van der Waals surface area (Å²) in [5, 5.41) is 15.9. The van der Waals surface area contributed by atoms with Gasteiger partial charge in [0.1, 0.15) is 0 Å². The van der Waals surface area contributed by atoms with Gasteiger partial charge in [0, 0.05) is 12.1 Å². The lowest BCUT2D eigenvalue weighted by molar-refractivity contribution is 0.375. The summed E-state index contributed by atoms with van der Waals surface area (Å²) in [6.07, 6.45) is 7.07. The number of hydrogen-bond acceptors (Lipinski definition) is 3.